The fourth-order valence-corrected chi connectivity index (χ4v) is 4.97. The number of benzene rings is 3. The highest BCUT2D eigenvalue weighted by atomic mass is 32.2. The number of hydrogen-bond donors (Lipinski definition) is 1. The predicted molar refractivity (Wildman–Crippen MR) is 134 cm³/mol. The Morgan fingerprint density at radius 3 is 2.43 bits per heavy atom. The first-order valence-corrected chi connectivity index (χ1v) is 12.3. The summed E-state index contributed by atoms with van der Waals surface area (Å²) >= 11 is 0. The zero-order valence-electron chi connectivity index (χ0n) is 18.3. The Labute approximate surface area is 201 Å². The molecule has 0 saturated heterocycles. The van der Waals surface area contributed by atoms with Crippen LogP contribution < -0.4 is 4.72 Å². The smallest absolute Gasteiger partial charge is 0.261 e. The number of aromatic nitrogens is 5. The van der Waals surface area contributed by atoms with Crippen molar-refractivity contribution < 1.29 is 8.42 Å². The Kier molecular flexibility index (Phi) is 4.97. The summed E-state index contributed by atoms with van der Waals surface area (Å²) in [6.45, 7) is 0. The van der Waals surface area contributed by atoms with Crippen LogP contribution in [0.1, 0.15) is 0 Å². The van der Waals surface area contributed by atoms with E-state index in [0.717, 1.165) is 16.3 Å². The van der Waals surface area contributed by atoms with Crippen molar-refractivity contribution in [3.8, 4) is 22.8 Å². The zero-order chi connectivity index (χ0) is 23.8. The molecule has 1 N–H and O–H groups in total. The molecule has 0 saturated carbocycles. The van der Waals surface area contributed by atoms with Gasteiger partial charge in [0.05, 0.1) is 10.6 Å². The standard InChI is InChI=1S/C26H18N6O2S/c33-35(34,22-12-11-18-6-1-2-7-19(18)17-22)31-21-9-5-8-20(16-21)23-13-14-25-28-29-26(32(25)30-23)24-10-3-4-15-27-24/h1-17,31H. The second-order valence-corrected chi connectivity index (χ2v) is 9.60. The number of rotatable bonds is 5. The van der Waals surface area contributed by atoms with Crippen LogP contribution >= 0.6 is 0 Å². The highest BCUT2D eigenvalue weighted by molar-refractivity contribution is 7.92. The molecule has 3 aromatic carbocycles. The third-order valence-corrected chi connectivity index (χ3v) is 6.98. The Hall–Kier alpha value is -4.63. The van der Waals surface area contributed by atoms with Gasteiger partial charge in [-0.1, -0.05) is 48.5 Å². The summed E-state index contributed by atoms with van der Waals surface area (Å²) in [5.74, 6) is 0.524. The van der Waals surface area contributed by atoms with E-state index in [1.807, 2.05) is 60.7 Å². The third-order valence-electron chi connectivity index (χ3n) is 5.60. The van der Waals surface area contributed by atoms with Crippen LogP contribution in [0, 0.1) is 0 Å². The molecule has 0 atom stereocenters. The van der Waals surface area contributed by atoms with Crippen molar-refractivity contribution in [2.24, 2.45) is 0 Å². The predicted octanol–water partition coefficient (Wildman–Crippen LogP) is 4.81. The molecule has 0 aliphatic rings. The summed E-state index contributed by atoms with van der Waals surface area (Å²) in [5, 5.41) is 14.9. The van der Waals surface area contributed by atoms with Crippen LogP contribution in [0.15, 0.2) is 108 Å². The average Bonchev–Trinajstić information content (AvgIpc) is 3.32. The Morgan fingerprint density at radius 2 is 1.57 bits per heavy atom. The first-order chi connectivity index (χ1) is 17.1. The van der Waals surface area contributed by atoms with Crippen LogP contribution in [0.25, 0.3) is 39.2 Å². The van der Waals surface area contributed by atoms with E-state index in [1.165, 1.54) is 0 Å². The molecular weight excluding hydrogens is 460 g/mol. The lowest BCUT2D eigenvalue weighted by atomic mass is 10.1. The molecule has 0 bridgehead atoms. The second-order valence-electron chi connectivity index (χ2n) is 7.92. The summed E-state index contributed by atoms with van der Waals surface area (Å²) in [4.78, 5) is 4.54. The van der Waals surface area contributed by atoms with Crippen molar-refractivity contribution in [3.05, 3.63) is 103 Å². The molecule has 8 nitrogen and oxygen atoms in total. The summed E-state index contributed by atoms with van der Waals surface area (Å²) < 4.78 is 30.5. The van der Waals surface area contributed by atoms with Gasteiger partial charge in [-0.05, 0) is 59.3 Å². The van der Waals surface area contributed by atoms with Gasteiger partial charge in [0.1, 0.15) is 5.69 Å². The van der Waals surface area contributed by atoms with Gasteiger partial charge in [0.2, 0.25) is 5.82 Å². The van der Waals surface area contributed by atoms with Gasteiger partial charge in [0, 0.05) is 17.4 Å². The number of sulfonamides is 1. The quantitative estimate of drug-likeness (QED) is 0.382. The molecule has 9 heteroatoms. The van der Waals surface area contributed by atoms with Crippen molar-refractivity contribution >= 4 is 32.1 Å². The first kappa shape index (κ1) is 20.9. The number of hydrogen-bond acceptors (Lipinski definition) is 6. The van der Waals surface area contributed by atoms with E-state index in [9.17, 15) is 8.42 Å². The molecule has 3 aromatic heterocycles. The number of nitrogens with one attached hydrogen (secondary N) is 1. The van der Waals surface area contributed by atoms with E-state index in [-0.39, 0.29) is 4.90 Å². The monoisotopic (exact) mass is 478 g/mol. The highest BCUT2D eigenvalue weighted by Crippen LogP contribution is 2.25. The molecule has 6 rings (SSSR count). The summed E-state index contributed by atoms with van der Waals surface area (Å²) in [6, 6.07) is 29.0. The molecule has 0 aliphatic heterocycles. The van der Waals surface area contributed by atoms with Crippen molar-refractivity contribution in [1.29, 1.82) is 0 Å². The van der Waals surface area contributed by atoms with Crippen LogP contribution in [-0.4, -0.2) is 33.2 Å². The third kappa shape index (κ3) is 3.98. The molecule has 0 spiro atoms. The Bertz CT molecular complexity index is 1800. The van der Waals surface area contributed by atoms with Crippen molar-refractivity contribution in [2.45, 2.75) is 4.90 Å². The normalized spacial score (nSPS) is 11.7. The molecule has 0 unspecified atom stereocenters. The maximum absolute atomic E-state index is 13.1. The minimum absolute atomic E-state index is 0.200. The van der Waals surface area contributed by atoms with E-state index >= 15 is 0 Å². The van der Waals surface area contributed by atoms with Gasteiger partial charge in [-0.15, -0.1) is 10.2 Å². The SMILES string of the molecule is O=S(=O)(Nc1cccc(-c2ccc3nnc(-c4ccccn4)n3n2)c1)c1ccc2ccccc2c1. The summed E-state index contributed by atoms with van der Waals surface area (Å²) in [7, 11) is -3.78. The maximum Gasteiger partial charge on any atom is 0.261 e. The number of anilines is 1. The van der Waals surface area contributed by atoms with Gasteiger partial charge in [0.15, 0.2) is 5.65 Å². The van der Waals surface area contributed by atoms with Gasteiger partial charge >= 0.3 is 0 Å². The molecule has 3 heterocycles. The van der Waals surface area contributed by atoms with Gasteiger partial charge in [-0.2, -0.15) is 9.61 Å². The summed E-state index contributed by atoms with van der Waals surface area (Å²) in [6.07, 6.45) is 1.69. The molecule has 0 aliphatic carbocycles. The number of pyridine rings is 1. The zero-order valence-corrected chi connectivity index (χ0v) is 19.1. The molecule has 0 amide bonds. The Balaban J connectivity index is 1.34. The largest absolute Gasteiger partial charge is 0.280 e. The van der Waals surface area contributed by atoms with Crippen LogP contribution in [-0.2, 0) is 10.0 Å². The van der Waals surface area contributed by atoms with E-state index in [4.69, 9.17) is 0 Å². The van der Waals surface area contributed by atoms with E-state index in [1.54, 1.807) is 47.1 Å². The fourth-order valence-electron chi connectivity index (χ4n) is 3.89. The lowest BCUT2D eigenvalue weighted by molar-refractivity contribution is 0.601. The lowest BCUT2D eigenvalue weighted by Crippen LogP contribution is -2.13. The molecule has 0 fully saturated rings. The maximum atomic E-state index is 13.1. The molecule has 6 aromatic rings. The van der Waals surface area contributed by atoms with Gasteiger partial charge in [-0.25, -0.2) is 8.42 Å². The Morgan fingerprint density at radius 1 is 0.714 bits per heavy atom. The topological polar surface area (TPSA) is 102 Å². The first-order valence-electron chi connectivity index (χ1n) is 10.8. The van der Waals surface area contributed by atoms with Crippen LogP contribution in [0.4, 0.5) is 5.69 Å². The van der Waals surface area contributed by atoms with Crippen LogP contribution in [0.5, 0.6) is 0 Å². The van der Waals surface area contributed by atoms with E-state index in [2.05, 4.69) is 25.0 Å². The van der Waals surface area contributed by atoms with Gasteiger partial charge in [-0.3, -0.25) is 9.71 Å². The van der Waals surface area contributed by atoms with Gasteiger partial charge in [0.25, 0.3) is 10.0 Å². The van der Waals surface area contributed by atoms with Crippen molar-refractivity contribution in [1.82, 2.24) is 24.8 Å². The summed E-state index contributed by atoms with van der Waals surface area (Å²) in [5.41, 5.74) is 3.06. The second kappa shape index (κ2) is 8.30. The van der Waals surface area contributed by atoms with Gasteiger partial charge < -0.3 is 0 Å². The van der Waals surface area contributed by atoms with E-state index < -0.39 is 10.0 Å². The number of fused-ring (bicyclic) bond motifs is 2. The lowest BCUT2D eigenvalue weighted by Gasteiger charge is -2.10. The molecule has 170 valence electrons. The van der Waals surface area contributed by atoms with Crippen molar-refractivity contribution in [3.63, 3.8) is 0 Å². The van der Waals surface area contributed by atoms with Crippen molar-refractivity contribution in [2.75, 3.05) is 4.72 Å². The fraction of sp³-hybridized carbons (Fsp3) is 0. The molecular formula is C26H18N6O2S. The highest BCUT2D eigenvalue weighted by Gasteiger charge is 2.16. The minimum atomic E-state index is -3.78. The molecule has 0 radical (unpaired) electrons. The van der Waals surface area contributed by atoms with Crippen LogP contribution in [0.3, 0.4) is 0 Å². The van der Waals surface area contributed by atoms with Crippen LogP contribution in [0.2, 0.25) is 0 Å². The molecule has 35 heavy (non-hydrogen) atoms. The minimum Gasteiger partial charge on any atom is -0.280 e. The van der Waals surface area contributed by atoms with E-state index in [0.29, 0.717) is 28.5 Å². The number of nitrogens with zero attached hydrogens (tertiary/aromatic N) is 5. The average molecular weight is 479 g/mol.